The predicted octanol–water partition coefficient (Wildman–Crippen LogP) is 2.01. The number of carbonyl (C=O) groups excluding carboxylic acids is 1. The van der Waals surface area contributed by atoms with Gasteiger partial charge < -0.3 is 15.0 Å². The molecule has 0 aliphatic heterocycles. The van der Waals surface area contributed by atoms with Crippen LogP contribution >= 0.6 is 11.3 Å². The summed E-state index contributed by atoms with van der Waals surface area (Å²) in [6.07, 6.45) is 3.68. The lowest BCUT2D eigenvalue weighted by Gasteiger charge is -2.03. The Bertz CT molecular complexity index is 462. The summed E-state index contributed by atoms with van der Waals surface area (Å²) in [5, 5.41) is 4.67. The minimum atomic E-state index is -0.104. The first kappa shape index (κ1) is 10.8. The van der Waals surface area contributed by atoms with Crippen molar-refractivity contribution in [3.05, 3.63) is 40.3 Å². The van der Waals surface area contributed by atoms with Gasteiger partial charge in [0.2, 0.25) is 0 Å². The fourth-order valence-corrected chi connectivity index (χ4v) is 2.13. The maximum Gasteiger partial charge on any atom is 0.265 e. The molecule has 0 saturated heterocycles. The first-order valence-corrected chi connectivity index (χ1v) is 5.70. The Morgan fingerprint density at radius 1 is 1.56 bits per heavy atom. The highest BCUT2D eigenvalue weighted by Crippen LogP contribution is 2.23. The third-order valence-electron chi connectivity index (χ3n) is 2.17. The zero-order valence-corrected chi connectivity index (χ0v) is 9.64. The summed E-state index contributed by atoms with van der Waals surface area (Å²) in [6, 6.07) is 3.71. The average molecular weight is 236 g/mol. The molecule has 0 fully saturated rings. The molecular formula is C11H12N2O2S. The monoisotopic (exact) mass is 236 g/mol. The van der Waals surface area contributed by atoms with Gasteiger partial charge in [0.05, 0.1) is 7.11 Å². The van der Waals surface area contributed by atoms with Gasteiger partial charge in [0.15, 0.2) is 0 Å². The molecule has 0 atom stereocenters. The second kappa shape index (κ2) is 4.85. The number of aromatic nitrogens is 1. The van der Waals surface area contributed by atoms with Gasteiger partial charge in [-0.15, -0.1) is 11.3 Å². The average Bonchev–Trinajstić information content (AvgIpc) is 2.96. The molecule has 0 radical (unpaired) electrons. The van der Waals surface area contributed by atoms with Gasteiger partial charge >= 0.3 is 0 Å². The lowest BCUT2D eigenvalue weighted by atomic mass is 10.3. The highest BCUT2D eigenvalue weighted by Gasteiger charge is 2.13. The second-order valence-corrected chi connectivity index (χ2v) is 4.14. The van der Waals surface area contributed by atoms with E-state index in [1.807, 2.05) is 23.8 Å². The maximum absolute atomic E-state index is 11.8. The quantitative estimate of drug-likeness (QED) is 0.853. The third kappa shape index (κ3) is 2.25. The van der Waals surface area contributed by atoms with Crippen molar-refractivity contribution in [1.29, 1.82) is 0 Å². The highest BCUT2D eigenvalue weighted by atomic mass is 32.1. The number of hydrogen-bond acceptors (Lipinski definition) is 3. The molecule has 0 unspecified atom stereocenters. The van der Waals surface area contributed by atoms with Crippen molar-refractivity contribution in [2.24, 2.45) is 0 Å². The number of hydrogen-bond donors (Lipinski definition) is 2. The lowest BCUT2D eigenvalue weighted by Crippen LogP contribution is -2.21. The number of methoxy groups -OCH3 is 1. The molecule has 0 spiro atoms. The van der Waals surface area contributed by atoms with Gasteiger partial charge in [-0.25, -0.2) is 0 Å². The van der Waals surface area contributed by atoms with Crippen molar-refractivity contribution in [3.8, 4) is 5.75 Å². The number of nitrogens with one attached hydrogen (secondary N) is 2. The minimum Gasteiger partial charge on any atom is -0.495 e. The van der Waals surface area contributed by atoms with E-state index in [4.69, 9.17) is 4.74 Å². The zero-order chi connectivity index (χ0) is 11.4. The van der Waals surface area contributed by atoms with Gasteiger partial charge in [0, 0.05) is 18.9 Å². The molecule has 5 heteroatoms. The van der Waals surface area contributed by atoms with Crippen LogP contribution in [0.1, 0.15) is 15.2 Å². The standard InChI is InChI=1S/C11H12N2O2S/c1-15-9-3-5-16-10(9)11(14)13-7-8-2-4-12-6-8/h2-6,12H,7H2,1H3,(H,13,14). The van der Waals surface area contributed by atoms with Crippen LogP contribution in [0.5, 0.6) is 5.75 Å². The Kier molecular flexibility index (Phi) is 3.26. The molecule has 4 nitrogen and oxygen atoms in total. The first-order valence-electron chi connectivity index (χ1n) is 4.82. The van der Waals surface area contributed by atoms with E-state index in [2.05, 4.69) is 10.3 Å². The number of ether oxygens (including phenoxy) is 1. The van der Waals surface area contributed by atoms with Crippen molar-refractivity contribution < 1.29 is 9.53 Å². The van der Waals surface area contributed by atoms with Gasteiger partial charge in [-0.2, -0.15) is 0 Å². The number of carbonyl (C=O) groups is 1. The van der Waals surface area contributed by atoms with Crippen LogP contribution in [0.15, 0.2) is 29.9 Å². The Labute approximate surface area is 97.3 Å². The van der Waals surface area contributed by atoms with E-state index >= 15 is 0 Å². The Morgan fingerprint density at radius 2 is 2.44 bits per heavy atom. The molecule has 0 bridgehead atoms. The molecule has 1 amide bonds. The summed E-state index contributed by atoms with van der Waals surface area (Å²) in [6.45, 7) is 0.517. The second-order valence-electron chi connectivity index (χ2n) is 3.22. The van der Waals surface area contributed by atoms with Crippen LogP contribution in [0.2, 0.25) is 0 Å². The molecule has 2 aromatic heterocycles. The van der Waals surface area contributed by atoms with Crippen LogP contribution in [0.3, 0.4) is 0 Å². The van der Waals surface area contributed by atoms with E-state index in [9.17, 15) is 4.79 Å². The maximum atomic E-state index is 11.8. The van der Waals surface area contributed by atoms with Crippen LogP contribution in [-0.2, 0) is 6.54 Å². The van der Waals surface area contributed by atoms with Crippen LogP contribution in [-0.4, -0.2) is 18.0 Å². The van der Waals surface area contributed by atoms with Gasteiger partial charge in [-0.1, -0.05) is 0 Å². The largest absolute Gasteiger partial charge is 0.495 e. The van der Waals surface area contributed by atoms with Crippen molar-refractivity contribution in [3.63, 3.8) is 0 Å². The Hall–Kier alpha value is -1.75. The Balaban J connectivity index is 1.98. The van der Waals surface area contributed by atoms with Crippen molar-refractivity contribution in [2.45, 2.75) is 6.54 Å². The van der Waals surface area contributed by atoms with E-state index in [0.29, 0.717) is 17.2 Å². The summed E-state index contributed by atoms with van der Waals surface area (Å²) < 4.78 is 5.09. The topological polar surface area (TPSA) is 54.1 Å². The molecule has 2 heterocycles. The summed E-state index contributed by atoms with van der Waals surface area (Å²) in [4.78, 5) is 15.3. The smallest absolute Gasteiger partial charge is 0.265 e. The van der Waals surface area contributed by atoms with Gasteiger partial charge in [-0.3, -0.25) is 4.79 Å². The normalized spacial score (nSPS) is 10.1. The molecule has 2 rings (SSSR count). The van der Waals surface area contributed by atoms with Gasteiger partial charge in [0.25, 0.3) is 5.91 Å². The van der Waals surface area contributed by atoms with E-state index in [1.165, 1.54) is 11.3 Å². The zero-order valence-electron chi connectivity index (χ0n) is 8.82. The first-order chi connectivity index (χ1) is 7.81. The van der Waals surface area contributed by atoms with E-state index in [0.717, 1.165) is 5.56 Å². The minimum absolute atomic E-state index is 0.104. The fraction of sp³-hybridized carbons (Fsp3) is 0.182. The molecule has 0 aliphatic carbocycles. The van der Waals surface area contributed by atoms with Crippen molar-refractivity contribution >= 4 is 17.2 Å². The molecule has 84 valence electrons. The number of thiophene rings is 1. The molecule has 0 aliphatic rings. The lowest BCUT2D eigenvalue weighted by molar-refractivity contribution is 0.0952. The SMILES string of the molecule is COc1ccsc1C(=O)NCc1cc[nH]c1. The summed E-state index contributed by atoms with van der Waals surface area (Å²) in [5.74, 6) is 0.518. The molecule has 0 aromatic carbocycles. The molecule has 2 N–H and O–H groups in total. The van der Waals surface area contributed by atoms with Crippen LogP contribution in [0.25, 0.3) is 0 Å². The van der Waals surface area contributed by atoms with Crippen LogP contribution in [0.4, 0.5) is 0 Å². The predicted molar refractivity (Wildman–Crippen MR) is 62.8 cm³/mol. The summed E-state index contributed by atoms with van der Waals surface area (Å²) in [5.41, 5.74) is 1.05. The highest BCUT2D eigenvalue weighted by molar-refractivity contribution is 7.12. The number of amides is 1. The molecule has 2 aromatic rings. The van der Waals surface area contributed by atoms with Crippen LogP contribution < -0.4 is 10.1 Å². The van der Waals surface area contributed by atoms with E-state index in [1.54, 1.807) is 13.2 Å². The van der Waals surface area contributed by atoms with Crippen LogP contribution in [0, 0.1) is 0 Å². The molecular weight excluding hydrogens is 224 g/mol. The van der Waals surface area contributed by atoms with Gasteiger partial charge in [0.1, 0.15) is 10.6 Å². The number of aromatic amines is 1. The molecule has 0 saturated carbocycles. The van der Waals surface area contributed by atoms with Gasteiger partial charge in [-0.05, 0) is 23.1 Å². The van der Waals surface area contributed by atoms with Crippen molar-refractivity contribution in [1.82, 2.24) is 10.3 Å². The number of rotatable bonds is 4. The third-order valence-corrected chi connectivity index (χ3v) is 3.07. The van der Waals surface area contributed by atoms with E-state index in [-0.39, 0.29) is 5.91 Å². The van der Waals surface area contributed by atoms with E-state index < -0.39 is 0 Å². The summed E-state index contributed by atoms with van der Waals surface area (Å²) >= 11 is 1.37. The fourth-order valence-electron chi connectivity index (χ4n) is 1.35. The Morgan fingerprint density at radius 3 is 3.12 bits per heavy atom. The summed E-state index contributed by atoms with van der Waals surface area (Å²) in [7, 11) is 1.56. The number of H-pyrrole nitrogens is 1. The van der Waals surface area contributed by atoms with Crippen molar-refractivity contribution in [2.75, 3.05) is 7.11 Å². The molecule has 16 heavy (non-hydrogen) atoms.